The van der Waals surface area contributed by atoms with E-state index in [1.165, 1.54) is 10.5 Å². The Morgan fingerprint density at radius 2 is 1.78 bits per heavy atom. The van der Waals surface area contributed by atoms with Gasteiger partial charge in [-0.3, -0.25) is 14.9 Å². The van der Waals surface area contributed by atoms with E-state index in [-0.39, 0.29) is 0 Å². The molecule has 0 spiro atoms. The molecule has 1 amide bonds. The summed E-state index contributed by atoms with van der Waals surface area (Å²) in [5.74, 6) is -0.612. The predicted molar refractivity (Wildman–Crippen MR) is 142 cm³/mol. The summed E-state index contributed by atoms with van der Waals surface area (Å²) in [6, 6.07) is 15.3. The minimum Gasteiger partial charge on any atom is -0.345 e. The van der Waals surface area contributed by atoms with Crippen molar-refractivity contribution < 1.29 is 18.4 Å². The molecule has 2 saturated heterocycles. The van der Waals surface area contributed by atoms with E-state index in [9.17, 15) is 13.2 Å². The Kier molecular flexibility index (Phi) is 7.84. The highest BCUT2D eigenvalue weighted by Crippen LogP contribution is 2.31. The van der Waals surface area contributed by atoms with Gasteiger partial charge in [0.2, 0.25) is 10.0 Å². The van der Waals surface area contributed by atoms with Crippen molar-refractivity contribution in [1.29, 1.82) is 0 Å². The van der Waals surface area contributed by atoms with Gasteiger partial charge in [-0.2, -0.15) is 4.31 Å². The smallest absolute Gasteiger partial charge is 0.286 e. The van der Waals surface area contributed by atoms with Gasteiger partial charge < -0.3 is 10.2 Å². The summed E-state index contributed by atoms with van der Waals surface area (Å²) in [4.78, 5) is 20.8. The van der Waals surface area contributed by atoms with Crippen molar-refractivity contribution in [1.82, 2.24) is 25.0 Å². The van der Waals surface area contributed by atoms with Crippen molar-refractivity contribution in [2.45, 2.75) is 11.4 Å². The molecule has 0 saturated carbocycles. The Morgan fingerprint density at radius 1 is 1.03 bits per heavy atom. The maximum absolute atomic E-state index is 13.8. The highest BCUT2D eigenvalue weighted by molar-refractivity contribution is 7.89. The van der Waals surface area contributed by atoms with Gasteiger partial charge in [0.1, 0.15) is 4.88 Å². The fourth-order valence-electron chi connectivity index (χ4n) is 4.72. The zero-order chi connectivity index (χ0) is 25.8. The van der Waals surface area contributed by atoms with Crippen molar-refractivity contribution >= 4 is 32.4 Å². The molecule has 0 bridgehead atoms. The van der Waals surface area contributed by atoms with Crippen LogP contribution in [0.15, 0.2) is 59.6 Å². The lowest BCUT2D eigenvalue weighted by Crippen LogP contribution is -2.48. The number of nitrogens with zero attached hydrogens (tertiary/aromatic N) is 4. The van der Waals surface area contributed by atoms with Crippen molar-refractivity contribution in [2.24, 2.45) is 0 Å². The van der Waals surface area contributed by atoms with Crippen LogP contribution in [0.1, 0.15) is 15.2 Å². The number of piperazine rings is 2. The topological polar surface area (TPSA) is 118 Å². The van der Waals surface area contributed by atoms with Crippen molar-refractivity contribution in [3.8, 4) is 11.1 Å². The molecular formula is C25H30N6O4S2. The van der Waals surface area contributed by atoms with E-state index in [1.54, 1.807) is 17.6 Å². The quantitative estimate of drug-likeness (QED) is 0.306. The van der Waals surface area contributed by atoms with Gasteiger partial charge in [-0.25, -0.2) is 18.9 Å². The lowest BCUT2D eigenvalue weighted by molar-refractivity contribution is 0.0710. The number of rotatable bonds is 7. The van der Waals surface area contributed by atoms with E-state index < -0.39 is 15.9 Å². The molecule has 0 unspecified atom stereocenters. The summed E-state index contributed by atoms with van der Waals surface area (Å²) in [5, 5.41) is 12.8. The molecule has 37 heavy (non-hydrogen) atoms. The Balaban J connectivity index is 1.32. The van der Waals surface area contributed by atoms with Gasteiger partial charge >= 0.3 is 0 Å². The molecule has 10 nitrogen and oxygen atoms in total. The molecule has 3 heterocycles. The molecule has 2 aromatic carbocycles. The third-order valence-corrected chi connectivity index (χ3v) is 9.70. The normalized spacial score (nSPS) is 17.6. The molecule has 0 radical (unpaired) electrons. The Labute approximate surface area is 220 Å². The molecule has 2 aliphatic heterocycles. The minimum atomic E-state index is -3.72. The Morgan fingerprint density at radius 3 is 2.54 bits per heavy atom. The van der Waals surface area contributed by atoms with E-state index in [4.69, 9.17) is 5.21 Å². The number of amides is 1. The maximum atomic E-state index is 13.8. The summed E-state index contributed by atoms with van der Waals surface area (Å²) in [7, 11) is -3.72. The van der Waals surface area contributed by atoms with Crippen LogP contribution in [-0.2, 0) is 16.6 Å². The van der Waals surface area contributed by atoms with Crippen molar-refractivity contribution in [3.63, 3.8) is 0 Å². The van der Waals surface area contributed by atoms with E-state index in [0.717, 1.165) is 55.2 Å². The Hall–Kier alpha value is -2.87. The zero-order valence-corrected chi connectivity index (χ0v) is 22.0. The van der Waals surface area contributed by atoms with Gasteiger partial charge in [0.25, 0.3) is 5.91 Å². The van der Waals surface area contributed by atoms with Crippen LogP contribution in [0.4, 0.5) is 5.13 Å². The van der Waals surface area contributed by atoms with E-state index in [2.05, 4.69) is 27.3 Å². The fourth-order valence-corrected chi connectivity index (χ4v) is 7.22. The summed E-state index contributed by atoms with van der Waals surface area (Å²) in [5.41, 5.74) is 4.36. The Bertz CT molecular complexity index is 1350. The van der Waals surface area contributed by atoms with Crippen LogP contribution in [0.2, 0.25) is 0 Å². The first kappa shape index (κ1) is 25.8. The van der Waals surface area contributed by atoms with Crippen LogP contribution in [0.3, 0.4) is 0 Å². The first-order valence-electron chi connectivity index (χ1n) is 12.2. The number of hydrogen-bond acceptors (Lipinski definition) is 9. The summed E-state index contributed by atoms with van der Waals surface area (Å²) < 4.78 is 29.0. The number of sulfonamides is 1. The van der Waals surface area contributed by atoms with Gasteiger partial charge in [0.15, 0.2) is 5.13 Å². The first-order valence-corrected chi connectivity index (χ1v) is 14.5. The van der Waals surface area contributed by atoms with Crippen LogP contribution in [0.5, 0.6) is 0 Å². The number of nitrogens with one attached hydrogen (secondary N) is 2. The predicted octanol–water partition coefficient (Wildman–Crippen LogP) is 1.85. The molecular weight excluding hydrogens is 512 g/mol. The summed E-state index contributed by atoms with van der Waals surface area (Å²) in [6.45, 7) is 6.32. The second kappa shape index (κ2) is 11.3. The van der Waals surface area contributed by atoms with Crippen LogP contribution in [-0.4, -0.2) is 86.1 Å². The molecule has 196 valence electrons. The molecule has 12 heteroatoms. The third-order valence-electron chi connectivity index (χ3n) is 6.69. The lowest BCUT2D eigenvalue weighted by Gasteiger charge is -2.34. The molecule has 0 aliphatic carbocycles. The molecule has 2 fully saturated rings. The zero-order valence-electron chi connectivity index (χ0n) is 20.3. The number of anilines is 1. The molecule has 3 aromatic rings. The van der Waals surface area contributed by atoms with Gasteiger partial charge in [-0.15, -0.1) is 0 Å². The van der Waals surface area contributed by atoms with Crippen LogP contribution >= 0.6 is 11.3 Å². The first-order chi connectivity index (χ1) is 18.0. The lowest BCUT2D eigenvalue weighted by atomic mass is 10.0. The van der Waals surface area contributed by atoms with E-state index in [0.29, 0.717) is 46.6 Å². The van der Waals surface area contributed by atoms with Gasteiger partial charge in [-0.1, -0.05) is 47.7 Å². The van der Waals surface area contributed by atoms with Gasteiger partial charge in [0, 0.05) is 64.5 Å². The number of hydroxylamine groups is 1. The molecule has 0 atom stereocenters. The largest absolute Gasteiger partial charge is 0.345 e. The number of aromatic nitrogens is 1. The van der Waals surface area contributed by atoms with Crippen molar-refractivity contribution in [2.75, 3.05) is 57.3 Å². The summed E-state index contributed by atoms with van der Waals surface area (Å²) in [6.07, 6.45) is 1.40. The fraction of sp³-hybridized carbons (Fsp3) is 0.360. The second-order valence-electron chi connectivity index (χ2n) is 9.06. The number of thiazole rings is 1. The van der Waals surface area contributed by atoms with Crippen LogP contribution in [0, 0.1) is 0 Å². The monoisotopic (exact) mass is 542 g/mol. The number of carbonyl (C=O) groups is 1. The highest BCUT2D eigenvalue weighted by Gasteiger charge is 2.31. The number of hydrogen-bond donors (Lipinski definition) is 3. The van der Waals surface area contributed by atoms with E-state index >= 15 is 0 Å². The van der Waals surface area contributed by atoms with Gasteiger partial charge in [-0.05, 0) is 23.3 Å². The summed E-state index contributed by atoms with van der Waals surface area (Å²) >= 11 is 1.16. The highest BCUT2D eigenvalue weighted by atomic mass is 32.2. The molecule has 3 N–H and O–H groups in total. The average Bonchev–Trinajstić information content (AvgIpc) is 3.44. The van der Waals surface area contributed by atoms with Crippen LogP contribution in [0.25, 0.3) is 11.1 Å². The third kappa shape index (κ3) is 5.69. The minimum absolute atomic E-state index is 0.292. The molecule has 1 aromatic heterocycles. The van der Waals surface area contributed by atoms with Crippen LogP contribution < -0.4 is 15.7 Å². The van der Waals surface area contributed by atoms with E-state index in [1.807, 2.05) is 29.2 Å². The number of carbonyl (C=O) groups excluding carboxylic acids is 1. The standard InChI is InChI=1S/C25H30N6O4S2/c32-24(28-33)22-17-27-25(36-22)30-12-14-31(15-13-30)37(34,35)23-7-2-1-6-21(23)20-5-3-4-19(16-20)18-29-10-8-26-9-11-29/h1-7,16-17,26,33H,8-15,18H2,(H,28,32). The molecule has 5 rings (SSSR count). The van der Waals surface area contributed by atoms with Crippen molar-refractivity contribution in [3.05, 3.63) is 65.2 Å². The average molecular weight is 543 g/mol. The molecule has 2 aliphatic rings. The second-order valence-corrected chi connectivity index (χ2v) is 12.0. The van der Waals surface area contributed by atoms with Gasteiger partial charge in [0.05, 0.1) is 11.1 Å². The number of benzene rings is 2. The maximum Gasteiger partial charge on any atom is 0.286 e. The SMILES string of the molecule is O=C(NO)c1cnc(N2CCN(S(=O)(=O)c3ccccc3-c3cccc(CN4CCNCC4)c3)CC2)s1.